The minimum absolute atomic E-state index is 1.07. The molecule has 0 aliphatic rings. The molecule has 86 valence electrons. The molecule has 1 aromatic rings. The summed E-state index contributed by atoms with van der Waals surface area (Å²) in [5.74, 6) is 0. The summed E-state index contributed by atoms with van der Waals surface area (Å²) in [6, 6.07) is 8.69. The van der Waals surface area contributed by atoms with Gasteiger partial charge in [0, 0.05) is 6.54 Å². The normalized spacial score (nSPS) is 9.73. The van der Waals surface area contributed by atoms with E-state index in [9.17, 15) is 0 Å². The van der Waals surface area contributed by atoms with Crippen molar-refractivity contribution < 1.29 is 0 Å². The second-order valence-corrected chi connectivity index (χ2v) is 3.45. The molecule has 0 bridgehead atoms. The first kappa shape index (κ1) is 14.2. The van der Waals surface area contributed by atoms with Crippen LogP contribution in [-0.2, 0) is 13.0 Å². The predicted molar refractivity (Wildman–Crippen MR) is 69.2 cm³/mol. The molecule has 0 heterocycles. The van der Waals surface area contributed by atoms with Crippen molar-refractivity contribution in [3.05, 3.63) is 35.4 Å². The number of hydrogen-bond donors (Lipinski definition) is 0. The van der Waals surface area contributed by atoms with Gasteiger partial charge in [-0.3, -0.25) is 0 Å². The van der Waals surface area contributed by atoms with Gasteiger partial charge < -0.3 is 4.90 Å². The Hall–Kier alpha value is -0.820. The molecular weight excluding hydrogens is 182 g/mol. The second kappa shape index (κ2) is 8.49. The highest BCUT2D eigenvalue weighted by Crippen LogP contribution is 2.11. The highest BCUT2D eigenvalue weighted by atomic mass is 15.1. The summed E-state index contributed by atoms with van der Waals surface area (Å²) in [7, 11) is 2.16. The lowest BCUT2D eigenvalue weighted by atomic mass is 10.1. The summed E-state index contributed by atoms with van der Waals surface area (Å²) >= 11 is 0. The van der Waals surface area contributed by atoms with Gasteiger partial charge in [0.15, 0.2) is 0 Å². The van der Waals surface area contributed by atoms with E-state index in [0.29, 0.717) is 0 Å². The zero-order chi connectivity index (χ0) is 11.7. The molecule has 0 saturated carbocycles. The van der Waals surface area contributed by atoms with E-state index in [1.807, 2.05) is 13.8 Å². The van der Waals surface area contributed by atoms with Crippen LogP contribution in [0.4, 0.5) is 0 Å². The van der Waals surface area contributed by atoms with Crippen LogP contribution in [-0.4, -0.2) is 18.5 Å². The first-order valence-corrected chi connectivity index (χ1v) is 6.03. The van der Waals surface area contributed by atoms with Crippen LogP contribution in [0, 0.1) is 0 Å². The van der Waals surface area contributed by atoms with Gasteiger partial charge in [-0.05, 0) is 31.1 Å². The molecular formula is C14H25N. The van der Waals surface area contributed by atoms with E-state index < -0.39 is 0 Å². The van der Waals surface area contributed by atoms with Gasteiger partial charge in [-0.15, -0.1) is 0 Å². The van der Waals surface area contributed by atoms with Gasteiger partial charge in [0.05, 0.1) is 0 Å². The highest BCUT2D eigenvalue weighted by molar-refractivity contribution is 5.26. The van der Waals surface area contributed by atoms with Gasteiger partial charge in [0.2, 0.25) is 0 Å². The van der Waals surface area contributed by atoms with Gasteiger partial charge in [-0.25, -0.2) is 0 Å². The van der Waals surface area contributed by atoms with Crippen LogP contribution in [0.15, 0.2) is 24.3 Å². The van der Waals surface area contributed by atoms with Crippen LogP contribution in [0.5, 0.6) is 0 Å². The molecule has 0 aromatic heterocycles. The van der Waals surface area contributed by atoms with Crippen LogP contribution in [0.1, 0.15) is 38.8 Å². The molecule has 0 aliphatic heterocycles. The molecule has 0 N–H and O–H groups in total. The SMILES string of the molecule is CC.CCc1ccccc1CN(C)CC. The molecule has 0 fully saturated rings. The lowest BCUT2D eigenvalue weighted by Gasteiger charge is -2.16. The van der Waals surface area contributed by atoms with Crippen molar-refractivity contribution in [2.75, 3.05) is 13.6 Å². The lowest BCUT2D eigenvalue weighted by molar-refractivity contribution is 0.344. The predicted octanol–water partition coefficient (Wildman–Crippen LogP) is 3.73. The van der Waals surface area contributed by atoms with Gasteiger partial charge in [-0.1, -0.05) is 52.0 Å². The summed E-state index contributed by atoms with van der Waals surface area (Å²) < 4.78 is 0. The lowest BCUT2D eigenvalue weighted by Crippen LogP contribution is -2.17. The van der Waals surface area contributed by atoms with E-state index >= 15 is 0 Å². The molecule has 1 heteroatoms. The average molecular weight is 207 g/mol. The van der Waals surface area contributed by atoms with E-state index in [-0.39, 0.29) is 0 Å². The van der Waals surface area contributed by atoms with E-state index in [1.54, 1.807) is 0 Å². The van der Waals surface area contributed by atoms with Crippen molar-refractivity contribution in [1.29, 1.82) is 0 Å². The Morgan fingerprint density at radius 1 is 1.00 bits per heavy atom. The van der Waals surface area contributed by atoms with E-state index in [0.717, 1.165) is 19.5 Å². The molecule has 0 atom stereocenters. The molecule has 0 unspecified atom stereocenters. The molecule has 0 radical (unpaired) electrons. The van der Waals surface area contributed by atoms with Crippen molar-refractivity contribution in [3.8, 4) is 0 Å². The van der Waals surface area contributed by atoms with Crippen molar-refractivity contribution in [1.82, 2.24) is 4.90 Å². The summed E-state index contributed by atoms with van der Waals surface area (Å²) in [4.78, 5) is 2.33. The molecule has 0 saturated heterocycles. The molecule has 1 aromatic carbocycles. The van der Waals surface area contributed by atoms with Crippen LogP contribution in [0.2, 0.25) is 0 Å². The van der Waals surface area contributed by atoms with Crippen molar-refractivity contribution in [2.45, 2.75) is 40.7 Å². The Kier molecular flexibility index (Phi) is 8.02. The fourth-order valence-corrected chi connectivity index (χ4v) is 1.46. The van der Waals surface area contributed by atoms with Crippen LogP contribution in [0.25, 0.3) is 0 Å². The van der Waals surface area contributed by atoms with Crippen molar-refractivity contribution in [3.63, 3.8) is 0 Å². The number of rotatable bonds is 4. The fraction of sp³-hybridized carbons (Fsp3) is 0.571. The molecule has 0 spiro atoms. The molecule has 0 amide bonds. The minimum Gasteiger partial charge on any atom is -0.302 e. The molecule has 15 heavy (non-hydrogen) atoms. The number of hydrogen-bond acceptors (Lipinski definition) is 1. The third-order valence-electron chi connectivity index (χ3n) is 2.48. The Bertz CT molecular complexity index is 255. The quantitative estimate of drug-likeness (QED) is 0.727. The summed E-state index contributed by atoms with van der Waals surface area (Å²) in [5, 5.41) is 0. The molecule has 0 aliphatic carbocycles. The first-order valence-electron chi connectivity index (χ1n) is 6.03. The largest absolute Gasteiger partial charge is 0.302 e. The monoisotopic (exact) mass is 207 g/mol. The molecule has 1 rings (SSSR count). The van der Waals surface area contributed by atoms with Crippen molar-refractivity contribution in [2.24, 2.45) is 0 Å². The zero-order valence-corrected chi connectivity index (χ0v) is 10.9. The van der Waals surface area contributed by atoms with Crippen LogP contribution < -0.4 is 0 Å². The topological polar surface area (TPSA) is 3.24 Å². The Morgan fingerprint density at radius 2 is 1.53 bits per heavy atom. The number of aryl methyl sites for hydroxylation is 1. The van der Waals surface area contributed by atoms with Gasteiger partial charge >= 0.3 is 0 Å². The van der Waals surface area contributed by atoms with E-state index in [2.05, 4.69) is 50.1 Å². The molecule has 1 nitrogen and oxygen atoms in total. The Morgan fingerprint density at radius 3 is 2.00 bits per heavy atom. The fourth-order valence-electron chi connectivity index (χ4n) is 1.46. The van der Waals surface area contributed by atoms with E-state index in [1.165, 1.54) is 11.1 Å². The highest BCUT2D eigenvalue weighted by Gasteiger charge is 2.01. The Balaban J connectivity index is 0.000000921. The first-order chi connectivity index (χ1) is 7.27. The Labute approximate surface area is 95.1 Å². The van der Waals surface area contributed by atoms with Crippen molar-refractivity contribution >= 4 is 0 Å². The van der Waals surface area contributed by atoms with Crippen LogP contribution in [0.3, 0.4) is 0 Å². The summed E-state index contributed by atoms with van der Waals surface area (Å²) in [5.41, 5.74) is 2.94. The average Bonchev–Trinajstić information content (AvgIpc) is 2.32. The number of benzene rings is 1. The maximum absolute atomic E-state index is 2.33. The maximum atomic E-state index is 2.33. The third kappa shape index (κ3) is 4.98. The summed E-state index contributed by atoms with van der Waals surface area (Å²) in [6.45, 7) is 10.6. The maximum Gasteiger partial charge on any atom is 0.0233 e. The number of nitrogens with zero attached hydrogens (tertiary/aromatic N) is 1. The van der Waals surface area contributed by atoms with Gasteiger partial charge in [0.25, 0.3) is 0 Å². The summed E-state index contributed by atoms with van der Waals surface area (Å²) in [6.07, 6.45) is 1.13. The zero-order valence-electron chi connectivity index (χ0n) is 10.9. The second-order valence-electron chi connectivity index (χ2n) is 3.45. The van der Waals surface area contributed by atoms with Gasteiger partial charge in [0.1, 0.15) is 0 Å². The smallest absolute Gasteiger partial charge is 0.0233 e. The minimum atomic E-state index is 1.07. The van der Waals surface area contributed by atoms with E-state index in [4.69, 9.17) is 0 Å². The standard InChI is InChI=1S/C12H19N.C2H6/c1-4-11-8-6-7-9-12(11)10-13(3)5-2;1-2/h6-9H,4-5,10H2,1-3H3;1-2H3. The van der Waals surface area contributed by atoms with Gasteiger partial charge in [-0.2, -0.15) is 0 Å². The van der Waals surface area contributed by atoms with Crippen LogP contribution >= 0.6 is 0 Å². The third-order valence-corrected chi connectivity index (χ3v) is 2.48.